The standard InChI is InChI=1S/C21H27N3O2S/c1-13-5-7-15(8-6-13)19-18-14(2)23-24(20(18)22-17(25)12-27-19)16-9-10-26-21(3,4)11-16/h5-8,16,19H,9-12H2,1-4H3,(H,22,25)/t16-,19-/m0/s1. The maximum absolute atomic E-state index is 12.5. The molecule has 0 radical (unpaired) electrons. The molecular formula is C21H27N3O2S. The fraction of sp³-hybridized carbons (Fsp3) is 0.524. The number of hydrogen-bond donors (Lipinski definition) is 1. The van der Waals surface area contributed by atoms with E-state index >= 15 is 0 Å². The summed E-state index contributed by atoms with van der Waals surface area (Å²) in [5.74, 6) is 1.37. The van der Waals surface area contributed by atoms with Gasteiger partial charge in [0.2, 0.25) is 5.91 Å². The summed E-state index contributed by atoms with van der Waals surface area (Å²) >= 11 is 1.68. The van der Waals surface area contributed by atoms with E-state index in [1.165, 1.54) is 11.1 Å². The minimum Gasteiger partial charge on any atom is -0.375 e. The number of nitrogens with one attached hydrogen (secondary N) is 1. The third-order valence-corrected chi connectivity index (χ3v) is 6.70. The summed E-state index contributed by atoms with van der Waals surface area (Å²) < 4.78 is 7.94. The monoisotopic (exact) mass is 385 g/mol. The lowest BCUT2D eigenvalue weighted by Crippen LogP contribution is -2.36. The van der Waals surface area contributed by atoms with Crippen LogP contribution in [0.25, 0.3) is 0 Å². The molecule has 2 aliphatic heterocycles. The topological polar surface area (TPSA) is 56.2 Å². The first-order valence-electron chi connectivity index (χ1n) is 9.55. The van der Waals surface area contributed by atoms with Gasteiger partial charge in [-0.15, -0.1) is 11.8 Å². The van der Waals surface area contributed by atoms with Crippen molar-refractivity contribution in [1.82, 2.24) is 9.78 Å². The molecule has 1 aromatic carbocycles. The van der Waals surface area contributed by atoms with Crippen molar-refractivity contribution in [1.29, 1.82) is 0 Å². The number of fused-ring (bicyclic) bond motifs is 1. The van der Waals surface area contributed by atoms with Crippen LogP contribution in [0.3, 0.4) is 0 Å². The predicted octanol–water partition coefficient (Wildman–Crippen LogP) is 4.40. The molecule has 1 N–H and O–H groups in total. The van der Waals surface area contributed by atoms with E-state index in [-0.39, 0.29) is 22.8 Å². The summed E-state index contributed by atoms with van der Waals surface area (Å²) in [5.41, 5.74) is 4.42. The summed E-state index contributed by atoms with van der Waals surface area (Å²) in [6.07, 6.45) is 1.80. The SMILES string of the molecule is Cc1ccc([C@@H]2SCC(=O)Nc3c2c(C)nn3[C@H]2CCOC(C)(C)C2)cc1. The van der Waals surface area contributed by atoms with Gasteiger partial charge in [-0.2, -0.15) is 5.10 Å². The Morgan fingerprint density at radius 2 is 2.00 bits per heavy atom. The predicted molar refractivity (Wildman–Crippen MR) is 109 cm³/mol. The lowest BCUT2D eigenvalue weighted by Gasteiger charge is -2.36. The average Bonchev–Trinajstić information content (AvgIpc) is 2.81. The highest BCUT2D eigenvalue weighted by Crippen LogP contribution is 2.45. The third kappa shape index (κ3) is 3.65. The summed E-state index contributed by atoms with van der Waals surface area (Å²) in [7, 11) is 0. The second kappa shape index (κ2) is 6.99. The van der Waals surface area contributed by atoms with Crippen LogP contribution < -0.4 is 5.32 Å². The molecule has 6 heteroatoms. The number of benzene rings is 1. The summed E-state index contributed by atoms with van der Waals surface area (Å²) in [6, 6.07) is 8.84. The molecule has 3 heterocycles. The Morgan fingerprint density at radius 1 is 1.26 bits per heavy atom. The molecule has 0 spiro atoms. The van der Waals surface area contributed by atoms with E-state index in [0.29, 0.717) is 5.75 Å². The van der Waals surface area contributed by atoms with Crippen molar-refractivity contribution < 1.29 is 9.53 Å². The average molecular weight is 386 g/mol. The minimum atomic E-state index is -0.171. The van der Waals surface area contributed by atoms with Crippen molar-refractivity contribution in [3.63, 3.8) is 0 Å². The first kappa shape index (κ1) is 18.6. The van der Waals surface area contributed by atoms with Crippen LogP contribution in [-0.4, -0.2) is 33.6 Å². The Bertz CT molecular complexity index is 857. The number of amides is 1. The van der Waals surface area contributed by atoms with Gasteiger partial charge in [0.25, 0.3) is 0 Å². The molecule has 144 valence electrons. The molecule has 0 saturated carbocycles. The molecule has 2 aliphatic rings. The Kier molecular flexibility index (Phi) is 4.80. The second-order valence-electron chi connectivity index (χ2n) is 8.20. The van der Waals surface area contributed by atoms with Crippen molar-refractivity contribution in [2.24, 2.45) is 0 Å². The number of aromatic nitrogens is 2. The van der Waals surface area contributed by atoms with E-state index in [1.54, 1.807) is 11.8 Å². The normalized spacial score (nSPS) is 24.8. The molecule has 0 unspecified atom stereocenters. The lowest BCUT2D eigenvalue weighted by atomic mass is 9.94. The number of rotatable bonds is 2. The number of aryl methyl sites for hydroxylation is 2. The number of ether oxygens (including phenoxy) is 1. The highest BCUT2D eigenvalue weighted by atomic mass is 32.2. The Hall–Kier alpha value is -1.79. The Balaban J connectivity index is 1.78. The zero-order chi connectivity index (χ0) is 19.2. The maximum Gasteiger partial charge on any atom is 0.235 e. The summed E-state index contributed by atoms with van der Waals surface area (Å²) in [4.78, 5) is 12.5. The van der Waals surface area contributed by atoms with Crippen LogP contribution in [0.15, 0.2) is 24.3 Å². The van der Waals surface area contributed by atoms with Crippen LogP contribution in [0.5, 0.6) is 0 Å². The molecule has 27 heavy (non-hydrogen) atoms. The van der Waals surface area contributed by atoms with Gasteiger partial charge in [0.05, 0.1) is 28.3 Å². The van der Waals surface area contributed by atoms with Gasteiger partial charge in [-0.05, 0) is 46.1 Å². The molecule has 5 nitrogen and oxygen atoms in total. The first-order valence-corrected chi connectivity index (χ1v) is 10.6. The van der Waals surface area contributed by atoms with Gasteiger partial charge in [0, 0.05) is 12.2 Å². The van der Waals surface area contributed by atoms with Crippen molar-refractivity contribution in [3.8, 4) is 0 Å². The lowest BCUT2D eigenvalue weighted by molar-refractivity contribution is -0.113. The molecule has 1 saturated heterocycles. The number of carbonyl (C=O) groups excluding carboxylic acids is 1. The highest BCUT2D eigenvalue weighted by molar-refractivity contribution is 8.00. The third-order valence-electron chi connectivity index (χ3n) is 5.43. The summed E-state index contributed by atoms with van der Waals surface area (Å²) in [6.45, 7) is 9.11. The van der Waals surface area contributed by atoms with Crippen LogP contribution in [-0.2, 0) is 9.53 Å². The number of nitrogens with zero attached hydrogens (tertiary/aromatic N) is 2. The van der Waals surface area contributed by atoms with Gasteiger partial charge in [-0.1, -0.05) is 29.8 Å². The van der Waals surface area contributed by atoms with Gasteiger partial charge in [0.1, 0.15) is 5.82 Å². The quantitative estimate of drug-likeness (QED) is 0.832. The van der Waals surface area contributed by atoms with Crippen LogP contribution in [0, 0.1) is 13.8 Å². The number of anilines is 1. The molecule has 2 atom stereocenters. The highest BCUT2D eigenvalue weighted by Gasteiger charge is 2.35. The minimum absolute atomic E-state index is 0.0448. The van der Waals surface area contributed by atoms with E-state index < -0.39 is 0 Å². The van der Waals surface area contributed by atoms with E-state index in [9.17, 15) is 4.79 Å². The van der Waals surface area contributed by atoms with E-state index in [2.05, 4.69) is 62.0 Å². The molecule has 1 aromatic heterocycles. The molecule has 2 aromatic rings. The van der Waals surface area contributed by atoms with Crippen LogP contribution >= 0.6 is 11.8 Å². The molecule has 0 bridgehead atoms. The Morgan fingerprint density at radius 3 is 2.70 bits per heavy atom. The van der Waals surface area contributed by atoms with Crippen molar-refractivity contribution in [2.75, 3.05) is 17.7 Å². The number of thioether (sulfide) groups is 1. The van der Waals surface area contributed by atoms with E-state index in [4.69, 9.17) is 9.84 Å². The molecule has 0 aliphatic carbocycles. The van der Waals surface area contributed by atoms with Crippen molar-refractivity contribution >= 4 is 23.5 Å². The fourth-order valence-corrected chi connectivity index (χ4v) is 5.27. The molecule has 4 rings (SSSR count). The van der Waals surface area contributed by atoms with Crippen molar-refractivity contribution in [3.05, 3.63) is 46.6 Å². The van der Waals surface area contributed by atoms with Crippen molar-refractivity contribution in [2.45, 2.75) is 57.4 Å². The van der Waals surface area contributed by atoms with Crippen LogP contribution in [0.1, 0.15) is 60.4 Å². The zero-order valence-corrected chi connectivity index (χ0v) is 17.2. The fourth-order valence-electron chi connectivity index (χ4n) is 4.09. The molecular weight excluding hydrogens is 358 g/mol. The number of carbonyl (C=O) groups is 1. The second-order valence-corrected chi connectivity index (χ2v) is 9.29. The van der Waals surface area contributed by atoms with Gasteiger partial charge in [-0.3, -0.25) is 4.79 Å². The van der Waals surface area contributed by atoms with Gasteiger partial charge >= 0.3 is 0 Å². The molecule has 1 amide bonds. The van der Waals surface area contributed by atoms with Crippen LogP contribution in [0.4, 0.5) is 5.82 Å². The summed E-state index contributed by atoms with van der Waals surface area (Å²) in [5, 5.41) is 8.14. The number of hydrogen-bond acceptors (Lipinski definition) is 4. The van der Waals surface area contributed by atoms with E-state index in [0.717, 1.165) is 36.5 Å². The zero-order valence-electron chi connectivity index (χ0n) is 16.4. The smallest absolute Gasteiger partial charge is 0.235 e. The maximum atomic E-state index is 12.5. The van der Waals surface area contributed by atoms with Gasteiger partial charge < -0.3 is 10.1 Å². The largest absolute Gasteiger partial charge is 0.375 e. The van der Waals surface area contributed by atoms with Gasteiger partial charge in [0.15, 0.2) is 0 Å². The Labute approximate surface area is 164 Å². The first-order chi connectivity index (χ1) is 12.8. The van der Waals surface area contributed by atoms with E-state index in [1.807, 2.05) is 0 Å². The van der Waals surface area contributed by atoms with Gasteiger partial charge in [-0.25, -0.2) is 4.68 Å². The van der Waals surface area contributed by atoms with Crippen LogP contribution in [0.2, 0.25) is 0 Å². The molecule has 1 fully saturated rings.